The number of carbonyl (C=O) groups excluding carboxylic acids is 1. The Hall–Kier alpha value is -1.85. The molecule has 2 saturated carbocycles. The third-order valence-corrected chi connectivity index (χ3v) is 3.36. The summed E-state index contributed by atoms with van der Waals surface area (Å²) in [5.41, 5.74) is 0.199. The van der Waals surface area contributed by atoms with Crippen molar-refractivity contribution < 1.29 is 14.7 Å². The lowest BCUT2D eigenvalue weighted by atomic mass is 10.2. The van der Waals surface area contributed by atoms with Gasteiger partial charge in [0.25, 0.3) is 5.91 Å². The number of hydrogen-bond donors (Lipinski definition) is 3. The van der Waals surface area contributed by atoms with Crippen LogP contribution in [0.2, 0.25) is 0 Å². The van der Waals surface area contributed by atoms with E-state index in [0.29, 0.717) is 18.8 Å². The molecule has 0 aromatic carbocycles. The van der Waals surface area contributed by atoms with E-state index < -0.39 is 17.4 Å². The Morgan fingerprint density at radius 1 is 1.47 bits per heavy atom. The van der Waals surface area contributed by atoms with Gasteiger partial charge >= 0.3 is 5.97 Å². The summed E-state index contributed by atoms with van der Waals surface area (Å²) in [4.78, 5) is 22.7. The van der Waals surface area contributed by atoms with E-state index >= 15 is 0 Å². The number of hydrogen-bond acceptors (Lipinski definition) is 3. The first kappa shape index (κ1) is 10.3. The quantitative estimate of drug-likeness (QED) is 0.713. The Bertz CT molecular complexity index is 486. The number of aromatic nitrogens is 2. The highest BCUT2D eigenvalue weighted by Gasteiger charge is 2.52. The molecule has 17 heavy (non-hydrogen) atoms. The molecule has 0 atom stereocenters. The first-order valence-electron chi connectivity index (χ1n) is 5.72. The minimum atomic E-state index is -1.05. The summed E-state index contributed by atoms with van der Waals surface area (Å²) in [5.74, 6) is -0.879. The first-order valence-corrected chi connectivity index (χ1v) is 5.72. The zero-order chi connectivity index (χ0) is 12.0. The van der Waals surface area contributed by atoms with Crippen molar-refractivity contribution in [3.05, 3.63) is 17.5 Å². The van der Waals surface area contributed by atoms with Crippen LogP contribution in [0.3, 0.4) is 0 Å². The fraction of sp³-hybridized carbons (Fsp3) is 0.545. The zero-order valence-corrected chi connectivity index (χ0v) is 9.19. The predicted molar refractivity (Wildman–Crippen MR) is 57.6 cm³/mol. The van der Waals surface area contributed by atoms with Crippen molar-refractivity contribution >= 4 is 11.9 Å². The van der Waals surface area contributed by atoms with Crippen molar-refractivity contribution in [1.82, 2.24) is 15.5 Å². The number of carboxylic acids is 1. The van der Waals surface area contributed by atoms with Crippen molar-refractivity contribution in [3.8, 4) is 0 Å². The van der Waals surface area contributed by atoms with E-state index in [0.717, 1.165) is 18.5 Å². The Kier molecular flexibility index (Phi) is 2.01. The highest BCUT2D eigenvalue weighted by Crippen LogP contribution is 2.39. The molecule has 2 fully saturated rings. The van der Waals surface area contributed by atoms with Gasteiger partial charge in [-0.1, -0.05) is 0 Å². The van der Waals surface area contributed by atoms with Crippen LogP contribution in [0.5, 0.6) is 0 Å². The van der Waals surface area contributed by atoms with Gasteiger partial charge in [-0.2, -0.15) is 5.10 Å². The molecule has 0 aliphatic heterocycles. The van der Waals surface area contributed by atoms with Gasteiger partial charge in [-0.15, -0.1) is 0 Å². The smallest absolute Gasteiger partial charge is 0.329 e. The highest BCUT2D eigenvalue weighted by atomic mass is 16.4. The van der Waals surface area contributed by atoms with Crippen LogP contribution >= 0.6 is 0 Å². The standard InChI is InChI=1S/C11H13N3O3/c15-9(12-11(3-4-11)10(16)17)8-5-7(13-14-8)6-1-2-6/h5-6H,1-4H2,(H,12,15)(H,13,14)(H,16,17). The molecule has 0 bridgehead atoms. The maximum absolute atomic E-state index is 11.8. The largest absolute Gasteiger partial charge is 0.480 e. The van der Waals surface area contributed by atoms with Gasteiger partial charge in [-0.25, -0.2) is 4.79 Å². The molecule has 2 aliphatic rings. The predicted octanol–water partition coefficient (Wildman–Crippen LogP) is 0.634. The van der Waals surface area contributed by atoms with Crippen LogP contribution in [0.4, 0.5) is 0 Å². The molecule has 0 radical (unpaired) electrons. The normalized spacial score (nSPS) is 20.9. The molecule has 2 aliphatic carbocycles. The molecule has 3 rings (SSSR count). The van der Waals surface area contributed by atoms with E-state index in [9.17, 15) is 9.59 Å². The van der Waals surface area contributed by atoms with Gasteiger partial charge in [-0.3, -0.25) is 9.89 Å². The Labute approximate surface area is 97.4 Å². The summed E-state index contributed by atoms with van der Waals surface area (Å²) in [5, 5.41) is 18.2. The summed E-state index contributed by atoms with van der Waals surface area (Å²) < 4.78 is 0. The van der Waals surface area contributed by atoms with Crippen LogP contribution in [0.25, 0.3) is 0 Å². The summed E-state index contributed by atoms with van der Waals surface area (Å²) in [6, 6.07) is 1.71. The molecule has 0 spiro atoms. The number of aromatic amines is 1. The van der Waals surface area contributed by atoms with Gasteiger partial charge in [0.15, 0.2) is 0 Å². The number of carboxylic acid groups (broad SMARTS) is 1. The van der Waals surface area contributed by atoms with Gasteiger partial charge in [0.05, 0.1) is 0 Å². The number of H-pyrrole nitrogens is 1. The minimum Gasteiger partial charge on any atom is -0.480 e. The lowest BCUT2D eigenvalue weighted by Crippen LogP contribution is -2.43. The van der Waals surface area contributed by atoms with Gasteiger partial charge in [0.2, 0.25) is 0 Å². The maximum atomic E-state index is 11.8. The number of amides is 1. The average molecular weight is 235 g/mol. The van der Waals surface area contributed by atoms with E-state index in [1.54, 1.807) is 6.07 Å². The number of aliphatic carboxylic acids is 1. The summed E-state index contributed by atoms with van der Waals surface area (Å²) in [6.07, 6.45) is 3.24. The van der Waals surface area contributed by atoms with E-state index in [1.807, 2.05) is 0 Å². The Morgan fingerprint density at radius 3 is 2.71 bits per heavy atom. The molecule has 6 nitrogen and oxygen atoms in total. The molecule has 1 aromatic rings. The Balaban J connectivity index is 1.71. The fourth-order valence-corrected chi connectivity index (χ4v) is 1.86. The second-order valence-corrected chi connectivity index (χ2v) is 4.82. The third kappa shape index (κ3) is 1.79. The van der Waals surface area contributed by atoms with Crippen LogP contribution < -0.4 is 5.32 Å². The summed E-state index contributed by atoms with van der Waals surface area (Å²) in [7, 11) is 0. The molecular weight excluding hydrogens is 222 g/mol. The third-order valence-electron chi connectivity index (χ3n) is 3.36. The van der Waals surface area contributed by atoms with Crippen LogP contribution in [0, 0.1) is 0 Å². The molecule has 1 heterocycles. The number of carbonyl (C=O) groups is 2. The average Bonchev–Trinajstić information content (AvgIpc) is 3.20. The second-order valence-electron chi connectivity index (χ2n) is 4.82. The Morgan fingerprint density at radius 2 is 2.18 bits per heavy atom. The minimum absolute atomic E-state index is 0.277. The van der Waals surface area contributed by atoms with E-state index in [1.165, 1.54) is 0 Å². The van der Waals surface area contributed by atoms with Gasteiger partial charge in [0, 0.05) is 11.6 Å². The van der Waals surface area contributed by atoms with Crippen LogP contribution in [-0.2, 0) is 4.79 Å². The molecule has 1 aromatic heterocycles. The van der Waals surface area contributed by atoms with Crippen LogP contribution in [-0.4, -0.2) is 32.7 Å². The van der Waals surface area contributed by atoms with E-state index in [4.69, 9.17) is 5.11 Å². The molecule has 6 heteroatoms. The van der Waals surface area contributed by atoms with Crippen molar-refractivity contribution in [3.63, 3.8) is 0 Å². The molecule has 90 valence electrons. The topological polar surface area (TPSA) is 95.1 Å². The zero-order valence-electron chi connectivity index (χ0n) is 9.19. The van der Waals surface area contributed by atoms with E-state index in [2.05, 4.69) is 15.5 Å². The van der Waals surface area contributed by atoms with Crippen LogP contribution in [0.15, 0.2) is 6.07 Å². The van der Waals surface area contributed by atoms with Crippen LogP contribution in [0.1, 0.15) is 47.8 Å². The highest BCUT2D eigenvalue weighted by molar-refractivity contribution is 5.97. The number of nitrogens with zero attached hydrogens (tertiary/aromatic N) is 1. The monoisotopic (exact) mass is 235 g/mol. The molecule has 0 unspecified atom stereocenters. The lowest BCUT2D eigenvalue weighted by Gasteiger charge is -2.10. The van der Waals surface area contributed by atoms with Crippen molar-refractivity contribution in [2.75, 3.05) is 0 Å². The number of rotatable bonds is 4. The van der Waals surface area contributed by atoms with Gasteiger partial charge in [0.1, 0.15) is 11.2 Å². The van der Waals surface area contributed by atoms with Crippen molar-refractivity contribution in [1.29, 1.82) is 0 Å². The summed E-state index contributed by atoms with van der Waals surface area (Å²) >= 11 is 0. The van der Waals surface area contributed by atoms with Crippen molar-refractivity contribution in [2.24, 2.45) is 0 Å². The van der Waals surface area contributed by atoms with Gasteiger partial charge < -0.3 is 10.4 Å². The van der Waals surface area contributed by atoms with E-state index in [-0.39, 0.29) is 5.69 Å². The fourth-order valence-electron chi connectivity index (χ4n) is 1.86. The lowest BCUT2D eigenvalue weighted by molar-refractivity contribution is -0.140. The molecule has 3 N–H and O–H groups in total. The maximum Gasteiger partial charge on any atom is 0.329 e. The molecular formula is C11H13N3O3. The first-order chi connectivity index (χ1) is 8.11. The second kappa shape index (κ2) is 3.32. The molecule has 1 amide bonds. The van der Waals surface area contributed by atoms with Gasteiger partial charge in [-0.05, 0) is 31.7 Å². The molecule has 0 saturated heterocycles. The SMILES string of the molecule is O=C(NC1(C(=O)O)CC1)c1cc(C2CC2)[nH]n1. The number of nitrogens with one attached hydrogen (secondary N) is 2. The van der Waals surface area contributed by atoms with Crippen molar-refractivity contribution in [2.45, 2.75) is 37.1 Å². The summed E-state index contributed by atoms with van der Waals surface area (Å²) in [6.45, 7) is 0.